The van der Waals surface area contributed by atoms with E-state index in [0.29, 0.717) is 18.6 Å². The molecule has 5 rings (SSSR count). The summed E-state index contributed by atoms with van der Waals surface area (Å²) in [7, 11) is 0. The highest BCUT2D eigenvalue weighted by Gasteiger charge is 2.44. The molecule has 1 saturated carbocycles. The van der Waals surface area contributed by atoms with Gasteiger partial charge >= 0.3 is 0 Å². The van der Waals surface area contributed by atoms with Gasteiger partial charge in [-0.3, -0.25) is 24.8 Å². The van der Waals surface area contributed by atoms with Crippen molar-refractivity contribution in [2.75, 3.05) is 52.4 Å². The number of hydrogen-bond donors (Lipinski definition) is 5. The van der Waals surface area contributed by atoms with E-state index in [2.05, 4.69) is 37.6 Å². The summed E-state index contributed by atoms with van der Waals surface area (Å²) in [5.41, 5.74) is 12.6. The molecule has 5 atom stereocenters. The number of carbonyl (C=O) groups is 1. The molecule has 5 unspecified atom stereocenters. The summed E-state index contributed by atoms with van der Waals surface area (Å²) in [4.78, 5) is 21.5. The molecule has 10 heteroatoms. The van der Waals surface area contributed by atoms with Gasteiger partial charge in [0.15, 0.2) is 0 Å². The van der Waals surface area contributed by atoms with Crippen LogP contribution in [-0.2, 0) is 4.79 Å². The Labute approximate surface area is 222 Å². The molecule has 1 aliphatic carbocycles. The zero-order valence-corrected chi connectivity index (χ0v) is 22.8. The number of halogens is 1. The van der Waals surface area contributed by atoms with Gasteiger partial charge < -0.3 is 22.1 Å². The largest absolute Gasteiger partial charge is 0.350 e. The Bertz CT molecular complexity index is 723. The van der Waals surface area contributed by atoms with E-state index in [0.717, 1.165) is 63.9 Å². The first-order valence-electron chi connectivity index (χ1n) is 14.5. The van der Waals surface area contributed by atoms with Crippen molar-refractivity contribution in [3.63, 3.8) is 0 Å². The number of carbonyl (C=O) groups excluding carboxylic acids is 1. The number of hydrogen-bond acceptors (Lipinski definition) is 8. The fourth-order valence-electron chi connectivity index (χ4n) is 7.58. The molecule has 0 aromatic rings. The molecule has 4 saturated heterocycles. The van der Waals surface area contributed by atoms with E-state index in [4.69, 9.17) is 23.1 Å². The number of nitrogens with zero attached hydrogens (tertiary/aromatic N) is 3. The Morgan fingerprint density at radius 3 is 2.36 bits per heavy atom. The van der Waals surface area contributed by atoms with Crippen molar-refractivity contribution < 1.29 is 4.79 Å². The summed E-state index contributed by atoms with van der Waals surface area (Å²) in [5.74, 6) is 0.311. The van der Waals surface area contributed by atoms with E-state index >= 15 is 0 Å². The number of likely N-dealkylation sites (tertiary alicyclic amines) is 2. The zero-order chi connectivity index (χ0) is 25.2. The fraction of sp³-hybridized carbons (Fsp3) is 0.962. The Morgan fingerprint density at radius 1 is 0.972 bits per heavy atom. The summed E-state index contributed by atoms with van der Waals surface area (Å²) in [6.07, 6.45) is 7.37. The van der Waals surface area contributed by atoms with Crippen LogP contribution in [0.4, 0.5) is 0 Å². The molecule has 0 spiro atoms. The molecule has 7 N–H and O–H groups in total. The van der Waals surface area contributed by atoms with Crippen molar-refractivity contribution in [1.82, 2.24) is 30.7 Å². The van der Waals surface area contributed by atoms with Crippen LogP contribution in [-0.4, -0.2) is 115 Å². The quantitative estimate of drug-likeness (QED) is 0.231. The Morgan fingerprint density at radius 2 is 1.69 bits per heavy atom. The van der Waals surface area contributed by atoms with E-state index in [9.17, 15) is 4.79 Å². The van der Waals surface area contributed by atoms with Crippen molar-refractivity contribution in [1.29, 1.82) is 0 Å². The Balaban J connectivity index is 1.22. The number of nitrogens with one attached hydrogen (secondary N) is 3. The second-order valence-corrected chi connectivity index (χ2v) is 12.8. The maximum Gasteiger partial charge on any atom is 0.229 e. The lowest BCUT2D eigenvalue weighted by atomic mass is 9.91. The third-order valence-electron chi connectivity index (χ3n) is 9.52. The topological polar surface area (TPSA) is 115 Å². The molecule has 4 aliphatic heterocycles. The fourth-order valence-corrected chi connectivity index (χ4v) is 7.83. The Hall–Kier alpha value is -0.520. The highest BCUT2D eigenvalue weighted by atomic mass is 35.5. The molecular formula is C26H49ClN8O. The molecule has 206 valence electrons. The molecular weight excluding hydrogens is 476 g/mol. The molecule has 1 amide bonds. The SMILES string of the molecule is CC1CN(C2CCN(C3CCNCC3NC(=O)C(C(N)N)C3NCC(Cl)CN3C3CCCC3)CC2)C1. The van der Waals surface area contributed by atoms with Crippen LogP contribution in [0.15, 0.2) is 0 Å². The van der Waals surface area contributed by atoms with Crippen LogP contribution < -0.4 is 27.4 Å². The first kappa shape index (κ1) is 27.1. The molecule has 9 nitrogen and oxygen atoms in total. The molecule has 0 aromatic carbocycles. The van der Waals surface area contributed by atoms with Crippen LogP contribution in [0.3, 0.4) is 0 Å². The van der Waals surface area contributed by atoms with Gasteiger partial charge in [0, 0.05) is 63.9 Å². The van der Waals surface area contributed by atoms with Crippen molar-refractivity contribution in [2.45, 2.75) is 93.7 Å². The third kappa shape index (κ3) is 6.04. The van der Waals surface area contributed by atoms with Crippen LogP contribution in [0.1, 0.15) is 51.9 Å². The van der Waals surface area contributed by atoms with Crippen LogP contribution in [0, 0.1) is 11.8 Å². The minimum absolute atomic E-state index is 0.0262. The number of rotatable bonds is 7. The van der Waals surface area contributed by atoms with Crippen LogP contribution in [0.5, 0.6) is 0 Å². The summed E-state index contributed by atoms with van der Waals surface area (Å²) in [6, 6.07) is 1.60. The minimum Gasteiger partial charge on any atom is -0.350 e. The Kier molecular flexibility index (Phi) is 9.11. The second kappa shape index (κ2) is 12.1. The predicted molar refractivity (Wildman–Crippen MR) is 145 cm³/mol. The summed E-state index contributed by atoms with van der Waals surface area (Å²) >= 11 is 6.55. The van der Waals surface area contributed by atoms with Gasteiger partial charge in [0.25, 0.3) is 0 Å². The van der Waals surface area contributed by atoms with E-state index in [-0.39, 0.29) is 23.5 Å². The van der Waals surface area contributed by atoms with Gasteiger partial charge in [0.1, 0.15) is 0 Å². The molecule has 0 radical (unpaired) electrons. The highest BCUT2D eigenvalue weighted by Crippen LogP contribution is 2.30. The lowest BCUT2D eigenvalue weighted by molar-refractivity contribution is -0.131. The zero-order valence-electron chi connectivity index (χ0n) is 22.1. The van der Waals surface area contributed by atoms with E-state index in [1.807, 2.05) is 0 Å². The summed E-state index contributed by atoms with van der Waals surface area (Å²) in [6.45, 7) is 10.3. The van der Waals surface area contributed by atoms with E-state index in [1.54, 1.807) is 0 Å². The van der Waals surface area contributed by atoms with Gasteiger partial charge in [0.2, 0.25) is 5.91 Å². The van der Waals surface area contributed by atoms with Gasteiger partial charge in [-0.25, -0.2) is 0 Å². The van der Waals surface area contributed by atoms with Gasteiger partial charge in [-0.15, -0.1) is 11.6 Å². The number of amides is 1. The molecule has 5 fully saturated rings. The molecule has 36 heavy (non-hydrogen) atoms. The second-order valence-electron chi connectivity index (χ2n) is 12.2. The van der Waals surface area contributed by atoms with Gasteiger partial charge in [-0.1, -0.05) is 19.8 Å². The van der Waals surface area contributed by atoms with Crippen molar-refractivity contribution >= 4 is 17.5 Å². The van der Waals surface area contributed by atoms with Crippen molar-refractivity contribution in [2.24, 2.45) is 23.3 Å². The van der Waals surface area contributed by atoms with Gasteiger partial charge in [-0.2, -0.15) is 0 Å². The standard InChI is InChI=1S/C26H49ClN8O/c1-17-14-34(15-17)19-7-10-33(11-8-19)22-6-9-30-13-21(22)32-26(36)23(24(28)29)25-31-12-18(27)16-35(25)20-4-2-3-5-20/h17-25,30-31H,2-16,28-29H2,1H3,(H,32,36). The average molecular weight is 525 g/mol. The first-order valence-corrected chi connectivity index (χ1v) is 15.0. The number of piperidine rings is 2. The molecule has 5 aliphatic rings. The maximum atomic E-state index is 13.8. The molecule has 0 aromatic heterocycles. The normalized spacial score (nSPS) is 35.7. The summed E-state index contributed by atoms with van der Waals surface area (Å²) < 4.78 is 0. The first-order chi connectivity index (χ1) is 17.4. The number of alkyl halides is 1. The lowest BCUT2D eigenvalue weighted by Gasteiger charge is -2.49. The van der Waals surface area contributed by atoms with Crippen LogP contribution >= 0.6 is 11.6 Å². The smallest absolute Gasteiger partial charge is 0.229 e. The van der Waals surface area contributed by atoms with Crippen LogP contribution in [0.2, 0.25) is 0 Å². The monoisotopic (exact) mass is 524 g/mol. The lowest BCUT2D eigenvalue weighted by Crippen LogP contribution is -2.69. The minimum atomic E-state index is -0.733. The van der Waals surface area contributed by atoms with Gasteiger partial charge in [-0.05, 0) is 44.6 Å². The third-order valence-corrected chi connectivity index (χ3v) is 9.81. The average Bonchev–Trinajstić information content (AvgIpc) is 3.38. The predicted octanol–water partition coefficient (Wildman–Crippen LogP) is -0.110. The van der Waals surface area contributed by atoms with Crippen molar-refractivity contribution in [3.8, 4) is 0 Å². The van der Waals surface area contributed by atoms with E-state index in [1.165, 1.54) is 38.8 Å². The maximum absolute atomic E-state index is 13.8. The van der Waals surface area contributed by atoms with Crippen LogP contribution in [0.25, 0.3) is 0 Å². The van der Waals surface area contributed by atoms with E-state index < -0.39 is 12.1 Å². The van der Waals surface area contributed by atoms with Gasteiger partial charge in [0.05, 0.1) is 29.7 Å². The molecule has 4 heterocycles. The van der Waals surface area contributed by atoms with Crippen molar-refractivity contribution in [3.05, 3.63) is 0 Å². The summed E-state index contributed by atoms with van der Waals surface area (Å²) in [5, 5.41) is 10.5. The number of nitrogens with two attached hydrogens (primary N) is 2. The highest BCUT2D eigenvalue weighted by molar-refractivity contribution is 6.21. The molecule has 0 bridgehead atoms.